The van der Waals surface area contributed by atoms with Crippen LogP contribution in [-0.2, 0) is 0 Å². The molecule has 2 bridgehead atoms. The van der Waals surface area contributed by atoms with Crippen LogP contribution in [0.25, 0.3) is 0 Å². The highest BCUT2D eigenvalue weighted by molar-refractivity contribution is 5.57. The second-order valence-electron chi connectivity index (χ2n) is 5.42. The summed E-state index contributed by atoms with van der Waals surface area (Å²) in [6.45, 7) is 5.95. The molecule has 0 aromatic rings. The average molecular weight is 296 g/mol. The molecule has 0 heterocycles. The van der Waals surface area contributed by atoms with Crippen LogP contribution in [0.4, 0.5) is 26.3 Å². The van der Waals surface area contributed by atoms with Crippen molar-refractivity contribution in [2.24, 2.45) is 11.8 Å². The van der Waals surface area contributed by atoms with Crippen molar-refractivity contribution in [3.8, 4) is 0 Å². The first-order valence-electron chi connectivity index (χ1n) is 6.12. The summed E-state index contributed by atoms with van der Waals surface area (Å²) in [5, 5.41) is 0. The van der Waals surface area contributed by atoms with Gasteiger partial charge in [0.25, 0.3) is 0 Å². The smallest absolute Gasteiger partial charge is 0.166 e. The van der Waals surface area contributed by atoms with Crippen LogP contribution in [0.2, 0.25) is 0 Å². The van der Waals surface area contributed by atoms with Gasteiger partial charge in [0.1, 0.15) is 0 Å². The molecule has 3 rings (SSSR count). The maximum Gasteiger partial charge on any atom is 0.413 e. The number of allylic oxidation sites excluding steroid dienone is 6. The number of rotatable bonds is 0. The molecule has 0 fully saturated rings. The molecule has 0 saturated carbocycles. The summed E-state index contributed by atoms with van der Waals surface area (Å²) < 4.78 is 79.1. The normalized spacial score (nSPS) is 27.9. The predicted molar refractivity (Wildman–Crippen MR) is 62.9 cm³/mol. The quantitative estimate of drug-likeness (QED) is 0.418. The van der Waals surface area contributed by atoms with E-state index in [1.807, 2.05) is 0 Å². The summed E-state index contributed by atoms with van der Waals surface area (Å²) in [5.41, 5.74) is -1.31. The first-order valence-corrected chi connectivity index (χ1v) is 6.12. The molecule has 0 aliphatic heterocycles. The van der Waals surface area contributed by atoms with Gasteiger partial charge in [-0.1, -0.05) is 22.3 Å². The van der Waals surface area contributed by atoms with E-state index in [0.717, 1.165) is 0 Å². The third kappa shape index (κ3) is 1.91. The molecule has 0 nitrogen and oxygen atoms in total. The van der Waals surface area contributed by atoms with Crippen LogP contribution in [0.15, 0.2) is 33.4 Å². The molecule has 0 spiro atoms. The molecule has 0 N–H and O–H groups in total. The summed E-state index contributed by atoms with van der Waals surface area (Å²) in [4.78, 5) is 0. The van der Waals surface area contributed by atoms with E-state index in [0.29, 0.717) is 22.3 Å². The molecule has 3 aliphatic carbocycles. The van der Waals surface area contributed by atoms with E-state index in [9.17, 15) is 26.3 Å². The van der Waals surface area contributed by atoms with Crippen molar-refractivity contribution in [3.05, 3.63) is 33.4 Å². The highest BCUT2D eigenvalue weighted by Crippen LogP contribution is 2.58. The second kappa shape index (κ2) is 4.15. The highest BCUT2D eigenvalue weighted by Gasteiger charge is 2.57. The highest BCUT2D eigenvalue weighted by atomic mass is 19.4. The molecule has 0 radical (unpaired) electrons. The largest absolute Gasteiger partial charge is 0.413 e. The van der Waals surface area contributed by atoms with Gasteiger partial charge in [0.05, 0.1) is 11.1 Å². The fraction of sp³-hybridized carbons (Fsp3) is 0.571. The van der Waals surface area contributed by atoms with Crippen molar-refractivity contribution in [1.82, 2.24) is 0 Å². The Kier molecular flexibility index (Phi) is 3.15. The van der Waals surface area contributed by atoms with Gasteiger partial charge in [-0.3, -0.25) is 0 Å². The van der Waals surface area contributed by atoms with Crippen molar-refractivity contribution >= 4 is 0 Å². The second-order valence-corrected chi connectivity index (χ2v) is 5.42. The van der Waals surface area contributed by atoms with E-state index in [4.69, 9.17) is 0 Å². The number of alkyl halides is 6. The van der Waals surface area contributed by atoms with E-state index < -0.39 is 35.3 Å². The molecule has 3 aliphatic rings. The van der Waals surface area contributed by atoms with E-state index in [-0.39, 0.29) is 0 Å². The van der Waals surface area contributed by atoms with Crippen LogP contribution < -0.4 is 0 Å². The van der Waals surface area contributed by atoms with Gasteiger partial charge >= 0.3 is 12.4 Å². The topological polar surface area (TPSA) is 0 Å². The lowest BCUT2D eigenvalue weighted by molar-refractivity contribution is -0.124. The van der Waals surface area contributed by atoms with Gasteiger partial charge in [-0.05, 0) is 27.7 Å². The molecular weight excluding hydrogens is 282 g/mol. The first-order chi connectivity index (χ1) is 8.89. The van der Waals surface area contributed by atoms with E-state index in [2.05, 4.69) is 0 Å². The standard InChI is InChI=1S/C14H14F6/c1-5-6(2)10-8(4)7(3)9(5)11(13(15,16)17)12(10)14(18,19)20/h9-10H,1-4H3. The van der Waals surface area contributed by atoms with Crippen molar-refractivity contribution in [3.63, 3.8) is 0 Å². The summed E-state index contributed by atoms with van der Waals surface area (Å²) >= 11 is 0. The summed E-state index contributed by atoms with van der Waals surface area (Å²) in [5.74, 6) is -2.59. The van der Waals surface area contributed by atoms with E-state index >= 15 is 0 Å². The van der Waals surface area contributed by atoms with Crippen molar-refractivity contribution in [2.75, 3.05) is 0 Å². The number of hydrogen-bond donors (Lipinski definition) is 0. The minimum absolute atomic E-state index is 0.387. The van der Waals surface area contributed by atoms with Crippen LogP contribution in [0.3, 0.4) is 0 Å². The fourth-order valence-electron chi connectivity index (χ4n) is 3.37. The van der Waals surface area contributed by atoms with Gasteiger partial charge in [-0.15, -0.1) is 0 Å². The first kappa shape index (κ1) is 15.2. The third-order valence-corrected chi connectivity index (χ3v) is 4.45. The van der Waals surface area contributed by atoms with E-state index in [1.54, 1.807) is 0 Å². The Morgan fingerprint density at radius 1 is 0.550 bits per heavy atom. The Bertz CT molecular complexity index is 479. The monoisotopic (exact) mass is 296 g/mol. The lowest BCUT2D eigenvalue weighted by atomic mass is 9.61. The summed E-state index contributed by atoms with van der Waals surface area (Å²) in [7, 11) is 0. The third-order valence-electron chi connectivity index (χ3n) is 4.45. The van der Waals surface area contributed by atoms with Gasteiger partial charge in [-0.2, -0.15) is 26.3 Å². The zero-order valence-electron chi connectivity index (χ0n) is 11.4. The van der Waals surface area contributed by atoms with Gasteiger partial charge in [-0.25, -0.2) is 0 Å². The molecular formula is C14H14F6. The van der Waals surface area contributed by atoms with Crippen LogP contribution in [0.1, 0.15) is 27.7 Å². The maximum atomic E-state index is 13.2. The Labute approximate surface area is 112 Å². The van der Waals surface area contributed by atoms with Crippen molar-refractivity contribution in [1.29, 1.82) is 0 Å². The summed E-state index contributed by atoms with van der Waals surface area (Å²) in [6, 6.07) is 0. The molecule has 0 unspecified atom stereocenters. The van der Waals surface area contributed by atoms with E-state index in [1.165, 1.54) is 27.7 Å². The molecule has 6 heteroatoms. The minimum Gasteiger partial charge on any atom is -0.166 e. The van der Waals surface area contributed by atoms with Crippen molar-refractivity contribution in [2.45, 2.75) is 40.0 Å². The molecule has 0 saturated heterocycles. The molecule has 0 aromatic carbocycles. The molecule has 0 atom stereocenters. The SMILES string of the molecule is CC1=C(C)C2C(C)=C(C)C1C(C(F)(F)F)=C2C(F)(F)F. The van der Waals surface area contributed by atoms with Crippen LogP contribution in [0, 0.1) is 11.8 Å². The fourth-order valence-corrected chi connectivity index (χ4v) is 3.37. The van der Waals surface area contributed by atoms with Gasteiger partial charge < -0.3 is 0 Å². The van der Waals surface area contributed by atoms with Crippen LogP contribution in [-0.4, -0.2) is 12.4 Å². The molecule has 112 valence electrons. The maximum absolute atomic E-state index is 13.2. The number of halogens is 6. The number of hydrogen-bond acceptors (Lipinski definition) is 0. The van der Waals surface area contributed by atoms with Crippen LogP contribution in [0.5, 0.6) is 0 Å². The zero-order chi connectivity index (χ0) is 15.6. The lowest BCUT2D eigenvalue weighted by Crippen LogP contribution is -2.40. The average Bonchev–Trinajstić information content (AvgIpc) is 2.25. The zero-order valence-corrected chi connectivity index (χ0v) is 11.4. The Hall–Kier alpha value is -1.20. The Balaban J connectivity index is 2.80. The summed E-state index contributed by atoms with van der Waals surface area (Å²) in [6.07, 6.45) is -9.95. The molecule has 0 amide bonds. The van der Waals surface area contributed by atoms with Crippen LogP contribution >= 0.6 is 0 Å². The molecule has 0 aromatic heterocycles. The van der Waals surface area contributed by atoms with Crippen molar-refractivity contribution < 1.29 is 26.3 Å². The Morgan fingerprint density at radius 3 is 0.900 bits per heavy atom. The Morgan fingerprint density at radius 2 is 0.750 bits per heavy atom. The molecule has 20 heavy (non-hydrogen) atoms. The predicted octanol–water partition coefficient (Wildman–Crippen LogP) is 5.34. The van der Waals surface area contributed by atoms with Gasteiger partial charge in [0, 0.05) is 11.8 Å². The lowest BCUT2D eigenvalue weighted by Gasteiger charge is -2.44. The minimum atomic E-state index is -4.97. The van der Waals surface area contributed by atoms with Gasteiger partial charge in [0.15, 0.2) is 0 Å². The van der Waals surface area contributed by atoms with Gasteiger partial charge in [0.2, 0.25) is 0 Å².